The third-order valence-corrected chi connectivity index (χ3v) is 20.6. The number of halogens is 5. The van der Waals surface area contributed by atoms with E-state index in [-0.39, 0.29) is 36.7 Å². The van der Waals surface area contributed by atoms with Crippen LogP contribution in [0.2, 0.25) is 10.0 Å². The van der Waals surface area contributed by atoms with Gasteiger partial charge in [-0.3, -0.25) is 43.3 Å². The summed E-state index contributed by atoms with van der Waals surface area (Å²) in [5.74, 6) is -20.4. The zero-order valence-corrected chi connectivity index (χ0v) is 66.9. The maximum atomic E-state index is 16.3. The fourth-order valence-corrected chi connectivity index (χ4v) is 14.4. The lowest BCUT2D eigenvalue weighted by Gasteiger charge is -2.48. The second-order valence-electron chi connectivity index (χ2n) is 29.4. The summed E-state index contributed by atoms with van der Waals surface area (Å²) in [6, 6.07) is -3.01. The Hall–Kier alpha value is -12.1. The number of carbonyl (C=O) groups is 11. The first-order valence-electron chi connectivity index (χ1n) is 37.4. The molecule has 5 aromatic rings. The number of nitrogens with two attached hydrogens (primary N) is 1. The molecule has 10 amide bonds. The number of alkyl carbamates (subject to hydrolysis) is 1. The molecule has 122 heavy (non-hydrogen) atoms. The van der Waals surface area contributed by atoms with Crippen LogP contribution in [-0.4, -0.2) is 230 Å². The molecule has 43 heteroatoms. The van der Waals surface area contributed by atoms with E-state index in [4.69, 9.17) is 71.6 Å². The lowest BCUT2D eigenvalue weighted by atomic mass is 9.85. The molecule has 18 N–H and O–H groups in total. The molecule has 7 aliphatic rings. The van der Waals surface area contributed by atoms with Crippen molar-refractivity contribution in [3.8, 4) is 57.1 Å². The highest BCUT2D eigenvalue weighted by atomic mass is 35.5. The van der Waals surface area contributed by atoms with Gasteiger partial charge in [-0.25, -0.2) is 14.4 Å². The second-order valence-corrected chi connectivity index (χ2v) is 30.2. The van der Waals surface area contributed by atoms with E-state index in [0.717, 1.165) is 89.8 Å². The molecule has 0 aromatic heterocycles. The number of carbonyl (C=O) groups excluding carboxylic acids is 11. The van der Waals surface area contributed by atoms with Crippen LogP contribution in [0.5, 0.6) is 46.0 Å². The molecule has 7 aliphatic heterocycles. The number of esters is 1. The first-order valence-corrected chi connectivity index (χ1v) is 38.1. The zero-order chi connectivity index (χ0) is 89.4. The van der Waals surface area contributed by atoms with Crippen LogP contribution < -0.4 is 62.5 Å². The maximum Gasteiger partial charge on any atom is 0.471 e. The summed E-state index contributed by atoms with van der Waals surface area (Å²) in [6.45, 7) is 14.1. The smallest absolute Gasteiger partial charge is 0.471 e. The van der Waals surface area contributed by atoms with Crippen LogP contribution in [0.15, 0.2) is 117 Å². The average molecular weight is 1750 g/mol. The van der Waals surface area contributed by atoms with Crippen LogP contribution in [0.1, 0.15) is 105 Å². The number of primary amides is 1. The van der Waals surface area contributed by atoms with Crippen molar-refractivity contribution in [1.82, 2.24) is 47.4 Å². The molecule has 0 saturated carbocycles. The van der Waals surface area contributed by atoms with Crippen molar-refractivity contribution < 1.29 is 149 Å². The molecule has 0 radical (unpaired) electrons. The van der Waals surface area contributed by atoms with Crippen molar-refractivity contribution in [1.29, 1.82) is 0 Å². The first kappa shape index (κ1) is 92.2. The summed E-state index contributed by atoms with van der Waals surface area (Å²) in [6.07, 6.45) is -27.0. The van der Waals surface area contributed by atoms with Gasteiger partial charge in [0.2, 0.25) is 53.4 Å². The Kier molecular flexibility index (Phi) is 29.3. The van der Waals surface area contributed by atoms with Crippen molar-refractivity contribution in [2.45, 2.75) is 162 Å². The Morgan fingerprint density at radius 2 is 1.29 bits per heavy atom. The number of hydrogen-bond donors (Lipinski definition) is 17. The van der Waals surface area contributed by atoms with Crippen molar-refractivity contribution in [2.24, 2.45) is 11.7 Å². The lowest BCUT2D eigenvalue weighted by molar-refractivity contribution is -0.331. The third kappa shape index (κ3) is 21.1. The van der Waals surface area contributed by atoms with Gasteiger partial charge >= 0.3 is 30.2 Å². The van der Waals surface area contributed by atoms with Gasteiger partial charge in [-0.05, 0) is 103 Å². The monoisotopic (exact) mass is 1750 g/mol. The molecule has 11 bridgehead atoms. The minimum atomic E-state index is -5.57. The highest BCUT2D eigenvalue weighted by Gasteiger charge is 2.54. The number of alkyl halides is 3. The molecule has 18 atom stereocenters. The van der Waals surface area contributed by atoms with Crippen molar-refractivity contribution in [3.63, 3.8) is 0 Å². The highest BCUT2D eigenvalue weighted by molar-refractivity contribution is 6.32. The first-order chi connectivity index (χ1) is 57.5. The summed E-state index contributed by atoms with van der Waals surface area (Å²) in [5, 5.41) is 113. The summed E-state index contributed by atoms with van der Waals surface area (Å²) >= 11 is 14.3. The standard InChI is InChI=1S/C79H87Cl2F3N10O28/c1-9-18-114-73(110)57-40-27-38(95)28-46(97)54(40)39-22-34(12-15-45(39)96)55-69(106)92-59(72(109)90-57)61(100)36-14-17-48(42(81)24-36)119-50-26-37-25-49(64(50)122-74-65(63(102)62(101)51(120-74)31-86-75(111)79(82,83)84)121-53-30-78(7,66(103)33(6)117-53)93-76(112)115-19-10-2)118-47-16-13-35(23-41(47)80)60(99)58(91-68(105)44(21-32(4)5)94(8)77(113)116-20-11-3)71(108)87-43(29-52(85)98)67(104)88-56(37)70(107)89-55/h9-17,22-28,32-33,43-44,51,53,55-63,65-66,74,95-97,99-103H,1-3,18-21,29-31H2,4-8H3,(H2,85,98)(H,86,111)(H,87,108)(H,88,104)(H,89,107)(H,90,109)(H,91,105)(H,92,106)(H,93,112)/t33?,43-,44+,51?,53?,55?,56?,57+,58+,59-,60+,61+,62?,63?,65?,66?,74?,78?/m0/s1. The van der Waals surface area contributed by atoms with E-state index in [9.17, 15) is 82.8 Å². The Balaban J connectivity index is 1.25. The van der Waals surface area contributed by atoms with E-state index in [0.29, 0.717) is 0 Å². The fourth-order valence-electron chi connectivity index (χ4n) is 13.9. The van der Waals surface area contributed by atoms with Gasteiger partial charge in [0.15, 0.2) is 29.9 Å². The van der Waals surface area contributed by atoms with Gasteiger partial charge < -0.3 is 132 Å². The topological polar surface area (TPSA) is 558 Å². The molecule has 38 nitrogen and oxygen atoms in total. The van der Waals surface area contributed by atoms with E-state index < -0.39 is 291 Å². The molecule has 11 unspecified atom stereocenters. The number of hydrogen-bond acceptors (Lipinski definition) is 28. The fraction of sp³-hybridized carbons (Fsp3) is 0.405. The van der Waals surface area contributed by atoms with E-state index >= 15 is 24.0 Å². The van der Waals surface area contributed by atoms with Crippen LogP contribution in [0, 0.1) is 5.92 Å². The Bertz CT molecular complexity index is 4910. The summed E-state index contributed by atoms with van der Waals surface area (Å²) in [5.41, 5.74) is 0.676. The molecule has 0 spiro atoms. The van der Waals surface area contributed by atoms with Gasteiger partial charge in [-0.15, -0.1) is 0 Å². The molecular weight excluding hydrogens is 1660 g/mol. The van der Waals surface area contributed by atoms with E-state index in [1.54, 1.807) is 19.2 Å². The van der Waals surface area contributed by atoms with E-state index in [1.165, 1.54) is 33.0 Å². The van der Waals surface area contributed by atoms with Crippen molar-refractivity contribution in [3.05, 3.63) is 155 Å². The van der Waals surface area contributed by atoms with E-state index in [2.05, 4.69) is 57.0 Å². The Morgan fingerprint density at radius 3 is 1.89 bits per heavy atom. The second kappa shape index (κ2) is 38.8. The highest BCUT2D eigenvalue weighted by Crippen LogP contribution is 2.50. The normalized spacial score (nSPS) is 26.2. The molecule has 0 aliphatic carbocycles. The minimum Gasteiger partial charge on any atom is -0.508 e. The van der Waals surface area contributed by atoms with Crippen LogP contribution in [0.25, 0.3) is 11.1 Å². The lowest BCUT2D eigenvalue weighted by Crippen LogP contribution is -2.66. The number of likely N-dealkylation sites (N-methyl/N-ethyl adjacent to an activating group) is 1. The number of benzene rings is 5. The third-order valence-electron chi connectivity index (χ3n) is 20.0. The Labute approximate surface area is 701 Å². The average Bonchev–Trinajstić information content (AvgIpc) is 0.762. The predicted octanol–water partition coefficient (Wildman–Crippen LogP) is 3.43. The number of nitrogens with zero attached hydrogens (tertiary/aromatic N) is 1. The van der Waals surface area contributed by atoms with Gasteiger partial charge in [0.05, 0.1) is 28.1 Å². The van der Waals surface area contributed by atoms with Crippen LogP contribution in [-0.2, 0) is 71.6 Å². The van der Waals surface area contributed by atoms with Crippen LogP contribution in [0.4, 0.5) is 22.8 Å². The quantitative estimate of drug-likeness (QED) is 0.0284. The van der Waals surface area contributed by atoms with Crippen molar-refractivity contribution in [2.75, 3.05) is 33.4 Å². The number of fused-ring (bicyclic) bond motifs is 15. The molecule has 2 saturated heterocycles. The number of aliphatic hydroxyl groups excluding tert-OH is 5. The Morgan fingerprint density at radius 1 is 0.697 bits per heavy atom. The van der Waals surface area contributed by atoms with E-state index in [1.807, 2.05) is 0 Å². The number of aromatic hydroxyl groups is 3. The number of ether oxygens (including phenoxy) is 9. The van der Waals surface area contributed by atoms with Gasteiger partial charge in [-0.1, -0.05) is 93.2 Å². The van der Waals surface area contributed by atoms with Crippen LogP contribution >= 0.6 is 23.2 Å². The number of rotatable bonds is 21. The molecular formula is C79H87Cl2F3N10O28. The largest absolute Gasteiger partial charge is 0.508 e. The molecule has 12 rings (SSSR count). The molecule has 2 fully saturated rings. The van der Waals surface area contributed by atoms with Gasteiger partial charge in [0, 0.05) is 42.8 Å². The maximum absolute atomic E-state index is 16.3. The van der Waals surface area contributed by atoms with Crippen molar-refractivity contribution >= 4 is 88.6 Å². The number of aliphatic hydroxyl groups is 5. The van der Waals surface area contributed by atoms with Crippen LogP contribution in [0.3, 0.4) is 0 Å². The number of phenols is 3. The molecule has 7 heterocycles. The SMILES string of the molecule is C=CCOC(=O)NC1(C)CC(OC2C(Oc3c4cc5cc3Oc3ccc(cc3Cl)[C@@H](O)[C@@H](NC(=O)[C@@H](CC(C)C)N(C)C(=O)OCC=C)C(=O)N[C@@H](CC(N)=O)C(=O)NC5C(=O)NC3C(=O)N[C@H](C(=O)N[C@@H](C(=O)OCC=C)c5cc(O)cc(O)c5-c5cc3ccc5O)[C@H](O)c3ccc(c(Cl)c3)O4)OC(CNC(=O)C(F)(F)F)C(O)C2O)OC(C)C1O. The zero-order valence-electron chi connectivity index (χ0n) is 65.4. The number of nitrogens with one attached hydrogen (secondary N) is 8. The predicted molar refractivity (Wildman–Crippen MR) is 416 cm³/mol. The number of amides is 10. The summed E-state index contributed by atoms with van der Waals surface area (Å²) < 4.78 is 96.2. The summed E-state index contributed by atoms with van der Waals surface area (Å²) in [4.78, 5) is 161. The van der Waals surface area contributed by atoms with Gasteiger partial charge in [-0.2, -0.15) is 13.2 Å². The molecule has 656 valence electrons. The number of phenolic OH excluding ortho intramolecular Hbond substituents is 3. The minimum absolute atomic E-state index is 0.134. The summed E-state index contributed by atoms with van der Waals surface area (Å²) in [7, 11) is 1.19. The van der Waals surface area contributed by atoms with Gasteiger partial charge in [0.25, 0.3) is 0 Å². The molecule has 5 aromatic carbocycles. The van der Waals surface area contributed by atoms with Gasteiger partial charge in [0.1, 0.15) is 121 Å².